The van der Waals surface area contributed by atoms with Crippen LogP contribution in [0.1, 0.15) is 29.9 Å². The van der Waals surface area contributed by atoms with Crippen LogP contribution in [0.15, 0.2) is 30.5 Å². The van der Waals surface area contributed by atoms with Gasteiger partial charge in [0.25, 0.3) is 5.91 Å². The number of halogens is 1. The van der Waals surface area contributed by atoms with E-state index in [2.05, 4.69) is 24.3 Å². The summed E-state index contributed by atoms with van der Waals surface area (Å²) in [6, 6.07) is 6.01. The molecule has 6 heteroatoms. The Morgan fingerprint density at radius 3 is 2.81 bits per heavy atom. The van der Waals surface area contributed by atoms with Crippen molar-refractivity contribution in [2.75, 3.05) is 6.54 Å². The molecular formula is C15H19FN4O. The second kappa shape index (κ2) is 6.49. The van der Waals surface area contributed by atoms with Crippen molar-refractivity contribution in [1.82, 2.24) is 15.1 Å². The standard InChI is InChI=1S/C15H19FN4O/c1-10(2)8-18-9-11-7-12(16)3-4-14(11)20-6-5-13(19-20)15(17)21/h3-7,10,18H,8-9H2,1-2H3,(H2,17,21). The largest absolute Gasteiger partial charge is 0.364 e. The van der Waals surface area contributed by atoms with Crippen molar-refractivity contribution < 1.29 is 9.18 Å². The molecule has 5 nitrogen and oxygen atoms in total. The number of nitrogens with zero attached hydrogens (tertiary/aromatic N) is 2. The van der Waals surface area contributed by atoms with Gasteiger partial charge in [-0.1, -0.05) is 13.8 Å². The minimum atomic E-state index is -0.588. The van der Waals surface area contributed by atoms with Crippen LogP contribution in [0.3, 0.4) is 0 Å². The smallest absolute Gasteiger partial charge is 0.269 e. The maximum absolute atomic E-state index is 13.5. The lowest BCUT2D eigenvalue weighted by molar-refractivity contribution is 0.0995. The van der Waals surface area contributed by atoms with Gasteiger partial charge in [0.15, 0.2) is 0 Å². The van der Waals surface area contributed by atoms with Crippen molar-refractivity contribution in [3.05, 3.63) is 47.5 Å². The number of rotatable bonds is 6. The molecule has 1 heterocycles. The lowest BCUT2D eigenvalue weighted by atomic mass is 10.1. The minimum absolute atomic E-state index is 0.181. The summed E-state index contributed by atoms with van der Waals surface area (Å²) in [5, 5.41) is 7.37. The number of benzene rings is 1. The minimum Gasteiger partial charge on any atom is -0.364 e. The Morgan fingerprint density at radius 2 is 2.19 bits per heavy atom. The van der Waals surface area contributed by atoms with Crippen LogP contribution >= 0.6 is 0 Å². The van der Waals surface area contributed by atoms with E-state index in [4.69, 9.17) is 5.73 Å². The Morgan fingerprint density at radius 1 is 1.43 bits per heavy atom. The zero-order valence-electron chi connectivity index (χ0n) is 12.1. The van der Waals surface area contributed by atoms with Crippen LogP contribution in [-0.2, 0) is 6.54 Å². The zero-order valence-corrected chi connectivity index (χ0v) is 12.1. The average Bonchev–Trinajstić information content (AvgIpc) is 2.88. The first-order valence-electron chi connectivity index (χ1n) is 6.82. The Bertz CT molecular complexity index is 636. The SMILES string of the molecule is CC(C)CNCc1cc(F)ccc1-n1ccc(C(N)=O)n1. The van der Waals surface area contributed by atoms with Crippen LogP contribution in [0.25, 0.3) is 5.69 Å². The van der Waals surface area contributed by atoms with Crippen LogP contribution in [0.2, 0.25) is 0 Å². The monoisotopic (exact) mass is 290 g/mol. The molecule has 1 aromatic carbocycles. The summed E-state index contributed by atoms with van der Waals surface area (Å²) in [5.41, 5.74) is 6.87. The van der Waals surface area contributed by atoms with Gasteiger partial charge in [0, 0.05) is 12.7 Å². The fourth-order valence-electron chi connectivity index (χ4n) is 2.00. The number of hydrogen-bond donors (Lipinski definition) is 2. The number of aromatic nitrogens is 2. The maximum atomic E-state index is 13.5. The third-order valence-electron chi connectivity index (χ3n) is 3.00. The average molecular weight is 290 g/mol. The van der Waals surface area contributed by atoms with E-state index in [0.29, 0.717) is 12.5 Å². The molecule has 0 fully saturated rings. The summed E-state index contributed by atoms with van der Waals surface area (Å²) >= 11 is 0. The van der Waals surface area contributed by atoms with Gasteiger partial charge in [0.2, 0.25) is 0 Å². The number of nitrogens with two attached hydrogens (primary N) is 1. The van der Waals surface area contributed by atoms with Crippen molar-refractivity contribution in [3.63, 3.8) is 0 Å². The topological polar surface area (TPSA) is 72.9 Å². The van der Waals surface area contributed by atoms with Crippen molar-refractivity contribution in [2.45, 2.75) is 20.4 Å². The summed E-state index contributed by atoms with van der Waals surface area (Å²) in [7, 11) is 0. The molecule has 2 rings (SSSR count). The van der Waals surface area contributed by atoms with Gasteiger partial charge in [-0.2, -0.15) is 5.10 Å². The highest BCUT2D eigenvalue weighted by Crippen LogP contribution is 2.16. The Balaban J connectivity index is 2.26. The van der Waals surface area contributed by atoms with Gasteiger partial charge in [-0.3, -0.25) is 4.79 Å². The third-order valence-corrected chi connectivity index (χ3v) is 3.00. The van der Waals surface area contributed by atoms with Crippen LogP contribution < -0.4 is 11.1 Å². The molecule has 1 aromatic heterocycles. The first-order chi connectivity index (χ1) is 9.97. The summed E-state index contributed by atoms with van der Waals surface area (Å²) in [6.07, 6.45) is 1.64. The third kappa shape index (κ3) is 3.88. The fourth-order valence-corrected chi connectivity index (χ4v) is 2.00. The van der Waals surface area contributed by atoms with Gasteiger partial charge in [-0.25, -0.2) is 9.07 Å². The van der Waals surface area contributed by atoms with E-state index >= 15 is 0 Å². The molecule has 0 saturated carbocycles. The number of carbonyl (C=O) groups is 1. The summed E-state index contributed by atoms with van der Waals surface area (Å²) < 4.78 is 15.0. The van der Waals surface area contributed by atoms with Crippen molar-refractivity contribution in [3.8, 4) is 5.69 Å². The van der Waals surface area contributed by atoms with Crippen molar-refractivity contribution in [1.29, 1.82) is 0 Å². The lowest BCUT2D eigenvalue weighted by Gasteiger charge is -2.12. The highest BCUT2D eigenvalue weighted by Gasteiger charge is 2.10. The number of amides is 1. The second-order valence-corrected chi connectivity index (χ2v) is 5.31. The lowest BCUT2D eigenvalue weighted by Crippen LogP contribution is -2.20. The van der Waals surface area contributed by atoms with E-state index in [9.17, 15) is 9.18 Å². The summed E-state index contributed by atoms with van der Waals surface area (Å²) in [5.74, 6) is -0.383. The molecule has 0 saturated heterocycles. The molecular weight excluding hydrogens is 271 g/mol. The van der Waals surface area contributed by atoms with E-state index in [1.807, 2.05) is 0 Å². The summed E-state index contributed by atoms with van der Waals surface area (Å²) in [4.78, 5) is 11.1. The Kier molecular flexibility index (Phi) is 4.70. The van der Waals surface area contributed by atoms with Crippen LogP contribution in [0.5, 0.6) is 0 Å². The quantitative estimate of drug-likeness (QED) is 0.853. The first-order valence-corrected chi connectivity index (χ1v) is 6.82. The molecule has 112 valence electrons. The van der Waals surface area contributed by atoms with Gasteiger partial charge in [-0.05, 0) is 42.3 Å². The number of primary amides is 1. The normalized spacial score (nSPS) is 11.0. The van der Waals surface area contributed by atoms with Gasteiger partial charge in [-0.15, -0.1) is 0 Å². The van der Waals surface area contributed by atoms with Crippen molar-refractivity contribution >= 4 is 5.91 Å². The van der Waals surface area contributed by atoms with E-state index in [1.54, 1.807) is 12.3 Å². The number of nitrogens with one attached hydrogen (secondary N) is 1. The fraction of sp³-hybridized carbons (Fsp3) is 0.333. The maximum Gasteiger partial charge on any atom is 0.269 e. The van der Waals surface area contributed by atoms with E-state index in [-0.39, 0.29) is 11.5 Å². The zero-order chi connectivity index (χ0) is 15.4. The van der Waals surface area contributed by atoms with Crippen LogP contribution in [-0.4, -0.2) is 22.2 Å². The molecule has 0 spiro atoms. The molecule has 0 radical (unpaired) electrons. The number of carbonyl (C=O) groups excluding carboxylic acids is 1. The highest BCUT2D eigenvalue weighted by atomic mass is 19.1. The predicted molar refractivity (Wildman–Crippen MR) is 78.6 cm³/mol. The van der Waals surface area contributed by atoms with Crippen molar-refractivity contribution in [2.24, 2.45) is 11.7 Å². The van der Waals surface area contributed by atoms with E-state index in [1.165, 1.54) is 22.9 Å². The second-order valence-electron chi connectivity index (χ2n) is 5.31. The first kappa shape index (κ1) is 15.2. The van der Waals surface area contributed by atoms with Crippen LogP contribution in [0, 0.1) is 11.7 Å². The molecule has 2 aromatic rings. The summed E-state index contributed by atoms with van der Waals surface area (Å²) in [6.45, 7) is 5.57. The van der Waals surface area contributed by atoms with Gasteiger partial charge >= 0.3 is 0 Å². The Hall–Kier alpha value is -2.21. The van der Waals surface area contributed by atoms with E-state index < -0.39 is 5.91 Å². The molecule has 3 N–H and O–H groups in total. The van der Waals surface area contributed by atoms with E-state index in [0.717, 1.165) is 17.8 Å². The molecule has 1 amide bonds. The van der Waals surface area contributed by atoms with Crippen LogP contribution in [0.4, 0.5) is 4.39 Å². The molecule has 0 bridgehead atoms. The Labute approximate surface area is 123 Å². The molecule has 0 aliphatic heterocycles. The predicted octanol–water partition coefficient (Wildman–Crippen LogP) is 1.86. The molecule has 0 aliphatic carbocycles. The van der Waals surface area contributed by atoms with Gasteiger partial charge in [0.05, 0.1) is 5.69 Å². The molecule has 0 aliphatic rings. The number of hydrogen-bond acceptors (Lipinski definition) is 3. The molecule has 0 atom stereocenters. The molecule has 21 heavy (non-hydrogen) atoms. The highest BCUT2D eigenvalue weighted by molar-refractivity contribution is 5.90. The van der Waals surface area contributed by atoms with Gasteiger partial charge < -0.3 is 11.1 Å². The van der Waals surface area contributed by atoms with Gasteiger partial charge in [0.1, 0.15) is 11.5 Å². The molecule has 0 unspecified atom stereocenters.